The second-order valence-electron chi connectivity index (χ2n) is 5.43. The first-order chi connectivity index (χ1) is 10.8. The summed E-state index contributed by atoms with van der Waals surface area (Å²) in [6.45, 7) is 4.27. The second kappa shape index (κ2) is 7.02. The van der Waals surface area contributed by atoms with Gasteiger partial charge in [-0.3, -0.25) is 4.57 Å². The van der Waals surface area contributed by atoms with E-state index in [4.69, 9.17) is 11.6 Å². The summed E-state index contributed by atoms with van der Waals surface area (Å²) in [4.78, 5) is 8.27. The quantitative estimate of drug-likeness (QED) is 0.789. The number of aromatic hydroxyl groups is 1. The Labute approximate surface area is 140 Å². The number of aromatic nitrogens is 3. The minimum absolute atomic E-state index is 0.0712. The third kappa shape index (κ3) is 3.94. The van der Waals surface area contributed by atoms with Crippen molar-refractivity contribution in [2.75, 3.05) is 12.8 Å². The standard InChI is InChI=1S/C14H21ClN4O3S/c1-4-9(5-2)19-12-10(6-7-17-23(3,21)22)11(15)8-16-13(12)18-14(19)20/h8-9,17H,4-7H2,1-3H3,(H,16,18,20). The number of hydrogen-bond donors (Lipinski definition) is 2. The Balaban J connectivity index is 2.51. The van der Waals surface area contributed by atoms with E-state index in [1.165, 1.54) is 6.20 Å². The van der Waals surface area contributed by atoms with Gasteiger partial charge in [0, 0.05) is 24.3 Å². The fourth-order valence-electron chi connectivity index (χ4n) is 2.69. The third-order valence-electron chi connectivity index (χ3n) is 3.80. The molecular formula is C14H21ClN4O3S. The summed E-state index contributed by atoms with van der Waals surface area (Å²) in [5, 5.41) is 10.6. The van der Waals surface area contributed by atoms with E-state index >= 15 is 0 Å². The fourth-order valence-corrected chi connectivity index (χ4v) is 3.39. The van der Waals surface area contributed by atoms with Gasteiger partial charge in [0.05, 0.1) is 16.8 Å². The molecule has 0 fully saturated rings. The Morgan fingerprint density at radius 2 is 2.04 bits per heavy atom. The van der Waals surface area contributed by atoms with Gasteiger partial charge in [-0.25, -0.2) is 18.1 Å². The molecule has 0 aromatic carbocycles. The van der Waals surface area contributed by atoms with E-state index in [9.17, 15) is 13.5 Å². The maximum absolute atomic E-state index is 11.2. The molecule has 0 atom stereocenters. The van der Waals surface area contributed by atoms with E-state index in [1.807, 2.05) is 13.8 Å². The van der Waals surface area contributed by atoms with E-state index in [0.29, 0.717) is 22.6 Å². The highest BCUT2D eigenvalue weighted by molar-refractivity contribution is 7.88. The van der Waals surface area contributed by atoms with Crippen molar-refractivity contribution in [3.63, 3.8) is 0 Å². The van der Waals surface area contributed by atoms with Gasteiger partial charge in [-0.15, -0.1) is 0 Å². The Morgan fingerprint density at radius 3 is 2.61 bits per heavy atom. The van der Waals surface area contributed by atoms with Gasteiger partial charge in [-0.2, -0.15) is 4.98 Å². The molecule has 2 rings (SSSR count). The molecule has 0 amide bonds. The zero-order chi connectivity index (χ0) is 17.2. The van der Waals surface area contributed by atoms with Crippen LogP contribution in [0.2, 0.25) is 5.02 Å². The van der Waals surface area contributed by atoms with Crippen molar-refractivity contribution in [3.05, 3.63) is 16.8 Å². The number of nitrogens with zero attached hydrogens (tertiary/aromatic N) is 3. The topological polar surface area (TPSA) is 97.1 Å². The van der Waals surface area contributed by atoms with Crippen LogP contribution < -0.4 is 4.72 Å². The van der Waals surface area contributed by atoms with Gasteiger partial charge in [-0.05, 0) is 19.3 Å². The lowest BCUT2D eigenvalue weighted by molar-refractivity contribution is 0.361. The van der Waals surface area contributed by atoms with Crippen molar-refractivity contribution in [3.8, 4) is 6.01 Å². The van der Waals surface area contributed by atoms with Crippen LogP contribution in [0, 0.1) is 0 Å². The summed E-state index contributed by atoms with van der Waals surface area (Å²) in [6.07, 6.45) is 4.61. The Kier molecular flexibility index (Phi) is 5.49. The van der Waals surface area contributed by atoms with Crippen molar-refractivity contribution in [2.24, 2.45) is 0 Å². The zero-order valence-corrected chi connectivity index (χ0v) is 14.9. The summed E-state index contributed by atoms with van der Waals surface area (Å²) in [5.74, 6) is 0. The number of fused-ring (bicyclic) bond motifs is 1. The molecule has 7 nitrogen and oxygen atoms in total. The van der Waals surface area contributed by atoms with Crippen LogP contribution in [0.1, 0.15) is 38.3 Å². The van der Waals surface area contributed by atoms with E-state index in [-0.39, 0.29) is 18.6 Å². The first-order valence-corrected chi connectivity index (χ1v) is 9.74. The molecule has 0 aliphatic heterocycles. The minimum Gasteiger partial charge on any atom is -0.480 e. The smallest absolute Gasteiger partial charge is 0.296 e. The number of hydrogen-bond acceptors (Lipinski definition) is 5. The van der Waals surface area contributed by atoms with Gasteiger partial charge >= 0.3 is 0 Å². The highest BCUT2D eigenvalue weighted by atomic mass is 35.5. The number of imidazole rings is 1. The molecule has 0 radical (unpaired) electrons. The normalized spacial score (nSPS) is 12.4. The molecule has 0 saturated heterocycles. The van der Waals surface area contributed by atoms with E-state index in [1.54, 1.807) is 4.57 Å². The molecule has 0 spiro atoms. The van der Waals surface area contributed by atoms with Crippen LogP contribution in [0.4, 0.5) is 0 Å². The van der Waals surface area contributed by atoms with E-state index in [2.05, 4.69) is 14.7 Å². The molecule has 0 aliphatic rings. The Bertz CT molecular complexity index is 800. The highest BCUT2D eigenvalue weighted by Gasteiger charge is 2.21. The van der Waals surface area contributed by atoms with Crippen LogP contribution in [0.25, 0.3) is 11.2 Å². The summed E-state index contributed by atoms with van der Waals surface area (Å²) in [6, 6.07) is -0.0253. The molecule has 23 heavy (non-hydrogen) atoms. The summed E-state index contributed by atoms with van der Waals surface area (Å²) < 4.78 is 26.6. The molecule has 2 aromatic heterocycles. The molecule has 0 unspecified atom stereocenters. The second-order valence-corrected chi connectivity index (χ2v) is 7.67. The third-order valence-corrected chi connectivity index (χ3v) is 4.85. The van der Waals surface area contributed by atoms with Gasteiger partial charge in [0.15, 0.2) is 5.65 Å². The predicted molar refractivity (Wildman–Crippen MR) is 90.4 cm³/mol. The fraction of sp³-hybridized carbons (Fsp3) is 0.571. The molecule has 0 saturated carbocycles. The van der Waals surface area contributed by atoms with Crippen LogP contribution in [-0.2, 0) is 16.4 Å². The Hall–Kier alpha value is -1.38. The van der Waals surface area contributed by atoms with Crippen LogP contribution in [0.15, 0.2) is 6.20 Å². The van der Waals surface area contributed by atoms with Crippen molar-refractivity contribution in [2.45, 2.75) is 39.2 Å². The van der Waals surface area contributed by atoms with Crippen LogP contribution in [0.5, 0.6) is 6.01 Å². The largest absolute Gasteiger partial charge is 0.480 e. The maximum atomic E-state index is 11.2. The van der Waals surface area contributed by atoms with Gasteiger partial charge in [0.25, 0.3) is 6.01 Å². The summed E-state index contributed by atoms with van der Waals surface area (Å²) in [7, 11) is -3.27. The number of sulfonamides is 1. The summed E-state index contributed by atoms with van der Waals surface area (Å²) in [5.41, 5.74) is 1.81. The molecule has 128 valence electrons. The van der Waals surface area contributed by atoms with Crippen LogP contribution in [-0.4, -0.2) is 40.9 Å². The lowest BCUT2D eigenvalue weighted by Gasteiger charge is -2.18. The molecule has 2 N–H and O–H groups in total. The van der Waals surface area contributed by atoms with Gasteiger partial charge in [-0.1, -0.05) is 25.4 Å². The lowest BCUT2D eigenvalue weighted by atomic mass is 10.1. The van der Waals surface area contributed by atoms with Gasteiger partial charge < -0.3 is 5.11 Å². The SMILES string of the molecule is CCC(CC)n1c(O)nc2ncc(Cl)c(CCNS(C)(=O)=O)c21. The first-order valence-electron chi connectivity index (χ1n) is 7.47. The number of nitrogens with one attached hydrogen (secondary N) is 1. The van der Waals surface area contributed by atoms with Crippen LogP contribution in [0.3, 0.4) is 0 Å². The summed E-state index contributed by atoms with van der Waals surface area (Å²) >= 11 is 6.26. The molecule has 2 heterocycles. The van der Waals surface area contributed by atoms with Crippen molar-refractivity contribution in [1.82, 2.24) is 19.3 Å². The number of halogens is 1. The van der Waals surface area contributed by atoms with E-state index in [0.717, 1.165) is 24.7 Å². The first kappa shape index (κ1) is 18.0. The van der Waals surface area contributed by atoms with E-state index < -0.39 is 10.0 Å². The Morgan fingerprint density at radius 1 is 1.39 bits per heavy atom. The number of pyridine rings is 1. The van der Waals surface area contributed by atoms with Crippen molar-refractivity contribution >= 4 is 32.8 Å². The lowest BCUT2D eigenvalue weighted by Crippen LogP contribution is -2.24. The monoisotopic (exact) mass is 360 g/mol. The number of rotatable bonds is 7. The van der Waals surface area contributed by atoms with Gasteiger partial charge in [0.1, 0.15) is 0 Å². The zero-order valence-electron chi connectivity index (χ0n) is 13.4. The molecule has 2 aromatic rings. The average molecular weight is 361 g/mol. The van der Waals surface area contributed by atoms with Crippen molar-refractivity contribution < 1.29 is 13.5 Å². The van der Waals surface area contributed by atoms with Gasteiger partial charge in [0.2, 0.25) is 10.0 Å². The maximum Gasteiger partial charge on any atom is 0.296 e. The molecule has 0 aliphatic carbocycles. The minimum atomic E-state index is -3.27. The van der Waals surface area contributed by atoms with Crippen LogP contribution >= 0.6 is 11.6 Å². The molecule has 0 bridgehead atoms. The highest BCUT2D eigenvalue weighted by Crippen LogP contribution is 2.33. The molecular weight excluding hydrogens is 340 g/mol. The predicted octanol–water partition coefficient (Wildman–Crippen LogP) is 2.24. The average Bonchev–Trinajstić information content (AvgIpc) is 2.79. The molecule has 9 heteroatoms. The van der Waals surface area contributed by atoms with Crippen molar-refractivity contribution in [1.29, 1.82) is 0 Å².